The summed E-state index contributed by atoms with van der Waals surface area (Å²) in [6.45, 7) is 1.64. The molecule has 0 aliphatic heterocycles. The van der Waals surface area contributed by atoms with Gasteiger partial charge in [0.2, 0.25) is 0 Å². The molecule has 0 N–H and O–H groups in total. The number of benzene rings is 2. The molecule has 31 heavy (non-hydrogen) atoms. The third kappa shape index (κ3) is 6.35. The van der Waals surface area contributed by atoms with E-state index in [1.807, 2.05) is 43.3 Å². The molecule has 3 rings (SSSR count). The molecule has 0 aromatic heterocycles. The number of rotatable bonds is 11. The van der Waals surface area contributed by atoms with Gasteiger partial charge in [0.25, 0.3) is 0 Å². The summed E-state index contributed by atoms with van der Waals surface area (Å²) in [5, 5.41) is 0. The van der Waals surface area contributed by atoms with E-state index in [-0.39, 0.29) is 17.9 Å². The van der Waals surface area contributed by atoms with Gasteiger partial charge < -0.3 is 0 Å². The Morgan fingerprint density at radius 1 is 0.903 bits per heavy atom. The van der Waals surface area contributed by atoms with Gasteiger partial charge >= 0.3 is 0 Å². The highest BCUT2D eigenvalue weighted by atomic mass is 19.1. The quantitative estimate of drug-likeness (QED) is 0.366. The summed E-state index contributed by atoms with van der Waals surface area (Å²) in [6.07, 6.45) is 9.78. The molecule has 0 bridgehead atoms. The summed E-state index contributed by atoms with van der Waals surface area (Å²) in [6, 6.07) is 16.1. The predicted molar refractivity (Wildman–Crippen MR) is 125 cm³/mol. The average Bonchev–Trinajstić information content (AvgIpc) is 2.82. The van der Waals surface area contributed by atoms with Crippen molar-refractivity contribution in [1.82, 2.24) is 0 Å². The first-order chi connectivity index (χ1) is 15.1. The number of carbonyl (C=O) groups is 2. The molecular weight excluding hydrogens is 387 g/mol. The highest BCUT2D eigenvalue weighted by Crippen LogP contribution is 2.43. The lowest BCUT2D eigenvalue weighted by Gasteiger charge is -2.38. The van der Waals surface area contributed by atoms with Gasteiger partial charge in [0, 0.05) is 24.8 Å². The molecule has 166 valence electrons. The lowest BCUT2D eigenvalue weighted by molar-refractivity contribution is -0.119. The maximum absolute atomic E-state index is 12.8. The number of halogens is 1. The molecule has 0 amide bonds. The molecule has 2 aromatic rings. The number of ketones is 2. The third-order valence-corrected chi connectivity index (χ3v) is 6.89. The molecule has 0 radical (unpaired) electrons. The van der Waals surface area contributed by atoms with E-state index in [0.717, 1.165) is 42.4 Å². The number of hydrogen-bond donors (Lipinski definition) is 0. The molecule has 2 aromatic carbocycles. The van der Waals surface area contributed by atoms with Crippen molar-refractivity contribution in [1.29, 1.82) is 0 Å². The lowest BCUT2D eigenvalue weighted by atomic mass is 9.66. The highest BCUT2D eigenvalue weighted by Gasteiger charge is 2.34. The summed E-state index contributed by atoms with van der Waals surface area (Å²) < 4.78 is 12.3. The van der Waals surface area contributed by atoms with Crippen molar-refractivity contribution in [2.45, 2.75) is 83.0 Å². The second-order valence-electron chi connectivity index (χ2n) is 9.02. The van der Waals surface area contributed by atoms with Crippen molar-refractivity contribution >= 4 is 11.6 Å². The zero-order valence-corrected chi connectivity index (χ0v) is 18.8. The van der Waals surface area contributed by atoms with E-state index in [4.69, 9.17) is 0 Å². The van der Waals surface area contributed by atoms with Crippen LogP contribution in [0.25, 0.3) is 0 Å². The molecule has 1 aliphatic carbocycles. The van der Waals surface area contributed by atoms with Crippen LogP contribution >= 0.6 is 0 Å². The van der Waals surface area contributed by atoms with Crippen LogP contribution in [0.1, 0.15) is 91.8 Å². The Balaban J connectivity index is 1.67. The zero-order chi connectivity index (χ0) is 22.1. The smallest absolute Gasteiger partial charge is 0.167 e. The largest absolute Gasteiger partial charge is 0.300 e. The summed E-state index contributed by atoms with van der Waals surface area (Å²) in [7, 11) is 0. The lowest BCUT2D eigenvalue weighted by Crippen LogP contribution is -2.30. The number of aryl methyl sites for hydroxylation is 1. The Morgan fingerprint density at radius 2 is 1.55 bits per heavy atom. The van der Waals surface area contributed by atoms with Gasteiger partial charge in [-0.05, 0) is 54.2 Å². The molecular formula is C28H35FO2. The minimum Gasteiger partial charge on any atom is -0.300 e. The van der Waals surface area contributed by atoms with Gasteiger partial charge in [-0.25, -0.2) is 0 Å². The van der Waals surface area contributed by atoms with Crippen molar-refractivity contribution < 1.29 is 14.0 Å². The number of carbonyl (C=O) groups excluding carboxylic acids is 2. The number of Topliss-reactive ketones (excluding diaryl/α,β-unsaturated/α-hetero) is 2. The third-order valence-electron chi connectivity index (χ3n) is 6.89. The fraction of sp³-hybridized carbons (Fsp3) is 0.500. The van der Waals surface area contributed by atoms with Crippen molar-refractivity contribution in [3.05, 3.63) is 70.8 Å². The normalized spacial score (nSPS) is 15.5. The SMILES string of the molecule is CCC(=O)CCC1(c2ccc(C(=O)Cc3ccc(CCCF)cc3)cc2)CCCCC1. The number of alkyl halides is 1. The van der Waals surface area contributed by atoms with Crippen LogP contribution in [0, 0.1) is 0 Å². The summed E-state index contributed by atoms with van der Waals surface area (Å²) >= 11 is 0. The Hall–Kier alpha value is -2.29. The van der Waals surface area contributed by atoms with Crippen molar-refractivity contribution in [2.75, 3.05) is 6.67 Å². The minimum absolute atomic E-state index is 0.0834. The van der Waals surface area contributed by atoms with E-state index in [2.05, 4.69) is 12.1 Å². The molecule has 0 unspecified atom stereocenters. The van der Waals surface area contributed by atoms with Crippen LogP contribution < -0.4 is 0 Å². The van der Waals surface area contributed by atoms with E-state index < -0.39 is 0 Å². The Labute approximate surface area is 186 Å². The van der Waals surface area contributed by atoms with Crippen molar-refractivity contribution in [2.24, 2.45) is 0 Å². The molecule has 3 heteroatoms. The van der Waals surface area contributed by atoms with Crippen LogP contribution in [-0.2, 0) is 23.1 Å². The fourth-order valence-electron chi connectivity index (χ4n) is 4.86. The van der Waals surface area contributed by atoms with Gasteiger partial charge in [0.15, 0.2) is 5.78 Å². The van der Waals surface area contributed by atoms with Crippen LogP contribution in [-0.4, -0.2) is 18.2 Å². The molecule has 1 aliphatic rings. The maximum atomic E-state index is 12.8. The summed E-state index contributed by atoms with van der Waals surface area (Å²) in [4.78, 5) is 24.8. The standard InChI is InChI=1S/C28H35FO2/c1-2-26(30)16-19-28(17-4-3-5-18-28)25-14-12-24(13-15-25)27(31)21-23-10-8-22(9-11-23)7-6-20-29/h8-15H,2-7,16-21H2,1H3. The number of hydrogen-bond acceptors (Lipinski definition) is 2. The van der Waals surface area contributed by atoms with Crippen LogP contribution in [0.4, 0.5) is 4.39 Å². The Bertz CT molecular complexity index is 846. The molecule has 1 saturated carbocycles. The zero-order valence-electron chi connectivity index (χ0n) is 18.8. The molecule has 0 atom stereocenters. The molecule has 0 saturated heterocycles. The van der Waals surface area contributed by atoms with E-state index in [1.165, 1.54) is 24.8 Å². The van der Waals surface area contributed by atoms with Crippen LogP contribution in [0.5, 0.6) is 0 Å². The fourth-order valence-corrected chi connectivity index (χ4v) is 4.86. The van der Waals surface area contributed by atoms with Crippen molar-refractivity contribution in [3.8, 4) is 0 Å². The molecule has 1 fully saturated rings. The van der Waals surface area contributed by atoms with Crippen LogP contribution in [0.15, 0.2) is 48.5 Å². The van der Waals surface area contributed by atoms with E-state index >= 15 is 0 Å². The van der Waals surface area contributed by atoms with Gasteiger partial charge in [0.05, 0.1) is 6.67 Å². The van der Waals surface area contributed by atoms with Gasteiger partial charge in [-0.2, -0.15) is 0 Å². The topological polar surface area (TPSA) is 34.1 Å². The van der Waals surface area contributed by atoms with E-state index in [1.54, 1.807) is 0 Å². The molecule has 0 heterocycles. The van der Waals surface area contributed by atoms with Gasteiger partial charge in [-0.3, -0.25) is 14.0 Å². The van der Waals surface area contributed by atoms with Crippen LogP contribution in [0.2, 0.25) is 0 Å². The van der Waals surface area contributed by atoms with Gasteiger partial charge in [-0.15, -0.1) is 0 Å². The van der Waals surface area contributed by atoms with Crippen molar-refractivity contribution in [3.63, 3.8) is 0 Å². The predicted octanol–water partition coefficient (Wildman–Crippen LogP) is 6.98. The Morgan fingerprint density at radius 3 is 2.16 bits per heavy atom. The summed E-state index contributed by atoms with van der Waals surface area (Å²) in [5.74, 6) is 0.453. The van der Waals surface area contributed by atoms with E-state index in [0.29, 0.717) is 31.5 Å². The first-order valence-electron chi connectivity index (χ1n) is 11.9. The van der Waals surface area contributed by atoms with Gasteiger partial charge in [0.1, 0.15) is 5.78 Å². The van der Waals surface area contributed by atoms with Gasteiger partial charge in [-0.1, -0.05) is 74.7 Å². The maximum Gasteiger partial charge on any atom is 0.167 e. The second kappa shape index (κ2) is 11.4. The van der Waals surface area contributed by atoms with E-state index in [9.17, 15) is 14.0 Å². The highest BCUT2D eigenvalue weighted by molar-refractivity contribution is 5.97. The average molecular weight is 423 g/mol. The molecule has 0 spiro atoms. The second-order valence-corrected chi connectivity index (χ2v) is 9.02. The monoisotopic (exact) mass is 422 g/mol. The summed E-state index contributed by atoms with van der Waals surface area (Å²) in [5.41, 5.74) is 4.20. The minimum atomic E-state index is -0.299. The molecule has 2 nitrogen and oxygen atoms in total. The first kappa shape index (κ1) is 23.4. The first-order valence-corrected chi connectivity index (χ1v) is 11.9. The Kier molecular flexibility index (Phi) is 8.57. The van der Waals surface area contributed by atoms with Crippen LogP contribution in [0.3, 0.4) is 0 Å².